The van der Waals surface area contributed by atoms with Gasteiger partial charge in [-0.15, -0.1) is 0 Å². The van der Waals surface area contributed by atoms with Crippen molar-refractivity contribution in [2.75, 3.05) is 39.3 Å². The van der Waals surface area contributed by atoms with Crippen LogP contribution in [0.25, 0.3) is 0 Å². The van der Waals surface area contributed by atoms with Gasteiger partial charge in [-0.1, -0.05) is 0 Å². The monoisotopic (exact) mass is 353 g/mol. The van der Waals surface area contributed by atoms with E-state index in [1.54, 1.807) is 12.3 Å². The average Bonchev–Trinajstić information content (AvgIpc) is 3.01. The number of carbonyl (C=O) groups is 1. The molecule has 1 aromatic heterocycles. The first-order valence-electron chi connectivity index (χ1n) is 7.47. The summed E-state index contributed by atoms with van der Waals surface area (Å²) in [5.74, 6) is 0.0271. The SMILES string of the molecule is O=C(c1ccc(Br)cn1)N1CCN(CC2CCCO2)CC1. The minimum Gasteiger partial charge on any atom is -0.377 e. The van der Waals surface area contributed by atoms with Crippen molar-refractivity contribution in [1.82, 2.24) is 14.8 Å². The summed E-state index contributed by atoms with van der Waals surface area (Å²) in [6.07, 6.45) is 4.40. The van der Waals surface area contributed by atoms with E-state index in [-0.39, 0.29) is 5.91 Å². The van der Waals surface area contributed by atoms with Crippen LogP contribution in [0.5, 0.6) is 0 Å². The van der Waals surface area contributed by atoms with Gasteiger partial charge in [-0.25, -0.2) is 4.98 Å². The van der Waals surface area contributed by atoms with Crippen molar-refractivity contribution in [1.29, 1.82) is 0 Å². The topological polar surface area (TPSA) is 45.7 Å². The van der Waals surface area contributed by atoms with Gasteiger partial charge < -0.3 is 9.64 Å². The van der Waals surface area contributed by atoms with E-state index in [1.165, 1.54) is 12.8 Å². The Bertz CT molecular complexity index is 480. The van der Waals surface area contributed by atoms with Crippen LogP contribution < -0.4 is 0 Å². The van der Waals surface area contributed by atoms with Crippen molar-refractivity contribution in [3.05, 3.63) is 28.5 Å². The van der Waals surface area contributed by atoms with Gasteiger partial charge in [0.15, 0.2) is 0 Å². The van der Waals surface area contributed by atoms with Crippen LogP contribution in [0.4, 0.5) is 0 Å². The van der Waals surface area contributed by atoms with Crippen molar-refractivity contribution in [3.63, 3.8) is 0 Å². The fraction of sp³-hybridized carbons (Fsp3) is 0.600. The van der Waals surface area contributed by atoms with E-state index in [0.29, 0.717) is 11.8 Å². The van der Waals surface area contributed by atoms with E-state index in [2.05, 4.69) is 25.8 Å². The first kappa shape index (κ1) is 14.9. The molecule has 0 aliphatic carbocycles. The molecule has 0 aromatic carbocycles. The molecule has 1 amide bonds. The van der Waals surface area contributed by atoms with Gasteiger partial charge in [0, 0.05) is 50.0 Å². The van der Waals surface area contributed by atoms with Crippen LogP contribution >= 0.6 is 15.9 Å². The van der Waals surface area contributed by atoms with Crippen molar-refractivity contribution < 1.29 is 9.53 Å². The molecule has 21 heavy (non-hydrogen) atoms. The molecule has 2 saturated heterocycles. The fourth-order valence-corrected chi connectivity index (χ4v) is 3.11. The van der Waals surface area contributed by atoms with E-state index >= 15 is 0 Å². The first-order valence-corrected chi connectivity index (χ1v) is 8.26. The molecule has 1 atom stereocenters. The summed E-state index contributed by atoms with van der Waals surface area (Å²) in [5.41, 5.74) is 0.519. The van der Waals surface area contributed by atoms with Crippen LogP contribution in [-0.2, 0) is 4.74 Å². The minimum atomic E-state index is 0.0271. The molecule has 3 heterocycles. The van der Waals surface area contributed by atoms with Gasteiger partial charge in [0.05, 0.1) is 6.10 Å². The lowest BCUT2D eigenvalue weighted by Crippen LogP contribution is -2.50. The molecule has 1 unspecified atom stereocenters. The normalized spacial score (nSPS) is 23.5. The number of nitrogens with zero attached hydrogens (tertiary/aromatic N) is 3. The maximum absolute atomic E-state index is 12.4. The zero-order valence-corrected chi connectivity index (χ0v) is 13.6. The number of rotatable bonds is 3. The predicted octanol–water partition coefficient (Wildman–Crippen LogP) is 1.78. The summed E-state index contributed by atoms with van der Waals surface area (Å²) in [4.78, 5) is 20.8. The van der Waals surface area contributed by atoms with Crippen molar-refractivity contribution >= 4 is 21.8 Å². The Hall–Kier alpha value is -0.980. The third-order valence-electron chi connectivity index (χ3n) is 4.09. The number of piperazine rings is 1. The number of aromatic nitrogens is 1. The lowest BCUT2D eigenvalue weighted by atomic mass is 10.2. The highest BCUT2D eigenvalue weighted by molar-refractivity contribution is 9.10. The predicted molar refractivity (Wildman–Crippen MR) is 83.3 cm³/mol. The molecule has 114 valence electrons. The van der Waals surface area contributed by atoms with E-state index in [0.717, 1.165) is 43.8 Å². The molecule has 0 bridgehead atoms. The third-order valence-corrected chi connectivity index (χ3v) is 4.56. The van der Waals surface area contributed by atoms with Gasteiger partial charge in [-0.05, 0) is 40.9 Å². The van der Waals surface area contributed by atoms with Crippen LogP contribution in [0, 0.1) is 0 Å². The lowest BCUT2D eigenvalue weighted by molar-refractivity contribution is 0.0430. The number of hydrogen-bond donors (Lipinski definition) is 0. The maximum atomic E-state index is 12.4. The second-order valence-corrected chi connectivity index (χ2v) is 6.51. The zero-order chi connectivity index (χ0) is 14.7. The molecule has 0 spiro atoms. The molecular weight excluding hydrogens is 334 g/mol. The van der Waals surface area contributed by atoms with Crippen LogP contribution in [0.2, 0.25) is 0 Å². The Morgan fingerprint density at radius 2 is 2.14 bits per heavy atom. The van der Waals surface area contributed by atoms with Crippen LogP contribution in [0.1, 0.15) is 23.3 Å². The smallest absolute Gasteiger partial charge is 0.272 e. The van der Waals surface area contributed by atoms with Crippen molar-refractivity contribution in [3.8, 4) is 0 Å². The van der Waals surface area contributed by atoms with Crippen LogP contribution in [0.15, 0.2) is 22.8 Å². The second-order valence-electron chi connectivity index (χ2n) is 5.59. The molecule has 0 radical (unpaired) electrons. The summed E-state index contributed by atoms with van der Waals surface area (Å²) in [5, 5.41) is 0. The number of ether oxygens (including phenoxy) is 1. The Morgan fingerprint density at radius 1 is 1.33 bits per heavy atom. The highest BCUT2D eigenvalue weighted by Gasteiger charge is 2.25. The largest absolute Gasteiger partial charge is 0.377 e. The summed E-state index contributed by atoms with van der Waals surface area (Å²) < 4.78 is 6.56. The Kier molecular flexibility index (Phi) is 4.87. The van der Waals surface area contributed by atoms with Crippen LogP contribution in [-0.4, -0.2) is 66.1 Å². The van der Waals surface area contributed by atoms with Crippen LogP contribution in [0.3, 0.4) is 0 Å². The number of pyridine rings is 1. The van der Waals surface area contributed by atoms with E-state index in [4.69, 9.17) is 4.74 Å². The maximum Gasteiger partial charge on any atom is 0.272 e. The van der Waals surface area contributed by atoms with Crippen molar-refractivity contribution in [2.24, 2.45) is 0 Å². The standard InChI is InChI=1S/C15H20BrN3O2/c16-12-3-4-14(17-10-12)15(20)19-7-5-18(6-8-19)11-13-2-1-9-21-13/h3-4,10,13H,1-2,5-9,11H2. The average molecular weight is 354 g/mol. The Balaban J connectivity index is 1.50. The Labute approximate surface area is 133 Å². The lowest BCUT2D eigenvalue weighted by Gasteiger charge is -2.35. The number of carbonyl (C=O) groups excluding carboxylic acids is 1. The summed E-state index contributed by atoms with van der Waals surface area (Å²) in [7, 11) is 0. The molecule has 6 heteroatoms. The molecule has 5 nitrogen and oxygen atoms in total. The van der Waals surface area contributed by atoms with Gasteiger partial charge in [0.2, 0.25) is 0 Å². The Morgan fingerprint density at radius 3 is 2.76 bits per heavy atom. The second kappa shape index (κ2) is 6.85. The molecule has 2 aliphatic rings. The number of amides is 1. The molecule has 2 fully saturated rings. The minimum absolute atomic E-state index is 0.0271. The zero-order valence-electron chi connectivity index (χ0n) is 12.0. The third kappa shape index (κ3) is 3.81. The highest BCUT2D eigenvalue weighted by Crippen LogP contribution is 2.15. The van der Waals surface area contributed by atoms with Gasteiger partial charge in [0.1, 0.15) is 5.69 Å². The van der Waals surface area contributed by atoms with E-state index in [9.17, 15) is 4.79 Å². The summed E-state index contributed by atoms with van der Waals surface area (Å²) in [6.45, 7) is 5.27. The molecule has 2 aliphatic heterocycles. The van der Waals surface area contributed by atoms with Crippen molar-refractivity contribution in [2.45, 2.75) is 18.9 Å². The summed E-state index contributed by atoms with van der Waals surface area (Å²) >= 11 is 3.33. The summed E-state index contributed by atoms with van der Waals surface area (Å²) in [6, 6.07) is 3.62. The number of halogens is 1. The fourth-order valence-electron chi connectivity index (χ4n) is 2.87. The molecule has 1 aromatic rings. The van der Waals surface area contributed by atoms with Gasteiger partial charge in [-0.3, -0.25) is 9.69 Å². The highest BCUT2D eigenvalue weighted by atomic mass is 79.9. The molecule has 0 saturated carbocycles. The van der Waals surface area contributed by atoms with Gasteiger partial charge >= 0.3 is 0 Å². The molecule has 0 N–H and O–H groups in total. The quantitative estimate of drug-likeness (QED) is 0.830. The first-order chi connectivity index (χ1) is 10.2. The van der Waals surface area contributed by atoms with E-state index in [1.807, 2.05) is 11.0 Å². The molecule has 3 rings (SSSR count). The van der Waals surface area contributed by atoms with Gasteiger partial charge in [0.25, 0.3) is 5.91 Å². The number of hydrogen-bond acceptors (Lipinski definition) is 4. The van der Waals surface area contributed by atoms with E-state index < -0.39 is 0 Å². The van der Waals surface area contributed by atoms with Gasteiger partial charge in [-0.2, -0.15) is 0 Å². The molecular formula is C15H20BrN3O2.